The third-order valence-electron chi connectivity index (χ3n) is 4.96. The fourth-order valence-electron chi connectivity index (χ4n) is 3.31. The molecule has 31 heavy (non-hydrogen) atoms. The Kier molecular flexibility index (Phi) is 5.35. The van der Waals surface area contributed by atoms with Crippen molar-refractivity contribution in [3.05, 3.63) is 42.5 Å². The SMILES string of the molecule is [B]c1c([B])c(C(=O)Nc2ncc3ccc(-c4cncn4C)cc3n2)c([B])c([B])c1OC. The van der Waals surface area contributed by atoms with E-state index < -0.39 is 5.91 Å². The molecule has 0 fully saturated rings. The number of rotatable bonds is 4. The molecular formula is C20H13B4N5O2. The minimum atomic E-state index is -0.641. The van der Waals surface area contributed by atoms with E-state index in [4.69, 9.17) is 36.1 Å². The van der Waals surface area contributed by atoms with Gasteiger partial charge < -0.3 is 9.30 Å². The van der Waals surface area contributed by atoms with Gasteiger partial charge in [-0.1, -0.05) is 34.0 Å². The normalized spacial score (nSPS) is 10.9. The molecule has 7 nitrogen and oxygen atoms in total. The highest BCUT2D eigenvalue weighted by Gasteiger charge is 2.19. The maximum Gasteiger partial charge on any atom is 0.256 e. The average molecular weight is 399 g/mol. The summed E-state index contributed by atoms with van der Waals surface area (Å²) in [6.07, 6.45) is 5.08. The maximum atomic E-state index is 12.9. The zero-order chi connectivity index (χ0) is 22.3. The van der Waals surface area contributed by atoms with Gasteiger partial charge in [-0.3, -0.25) is 10.1 Å². The molecule has 1 N–H and O–H groups in total. The van der Waals surface area contributed by atoms with Crippen molar-refractivity contribution in [2.45, 2.75) is 0 Å². The first-order chi connectivity index (χ1) is 14.8. The Hall–Kier alpha value is -3.48. The van der Waals surface area contributed by atoms with E-state index in [1.165, 1.54) is 7.11 Å². The molecule has 0 atom stereocenters. The Bertz CT molecular complexity index is 1310. The van der Waals surface area contributed by atoms with E-state index in [-0.39, 0.29) is 39.1 Å². The number of anilines is 1. The number of hydrogen-bond donors (Lipinski definition) is 1. The standard InChI is InChI=1S/C20H13B4N5O2/c1-29-8-25-7-12(29)9-3-4-10-6-26-20(27-11(10)5-9)28-19(30)13-14(21)16(23)18(31-2)17(24)15(13)22/h3-8H,1-2H3,(H,26,27,28,30). The molecule has 4 rings (SSSR count). The largest absolute Gasteiger partial charge is 0.498 e. The summed E-state index contributed by atoms with van der Waals surface area (Å²) >= 11 is 0. The quantitative estimate of drug-likeness (QED) is 0.422. The van der Waals surface area contributed by atoms with Gasteiger partial charge in [0.2, 0.25) is 5.95 Å². The van der Waals surface area contributed by atoms with E-state index >= 15 is 0 Å². The first-order valence-corrected chi connectivity index (χ1v) is 9.16. The zero-order valence-corrected chi connectivity index (χ0v) is 16.9. The van der Waals surface area contributed by atoms with Crippen LogP contribution in [0.5, 0.6) is 5.75 Å². The highest BCUT2D eigenvalue weighted by Crippen LogP contribution is 2.23. The molecule has 2 aromatic carbocycles. The summed E-state index contributed by atoms with van der Waals surface area (Å²) in [5, 5.41) is 3.41. The van der Waals surface area contributed by atoms with Crippen LogP contribution in [-0.2, 0) is 7.05 Å². The maximum absolute atomic E-state index is 12.9. The second-order valence-electron chi connectivity index (χ2n) is 6.87. The predicted molar refractivity (Wildman–Crippen MR) is 124 cm³/mol. The molecule has 0 aliphatic carbocycles. The van der Waals surface area contributed by atoms with Gasteiger partial charge in [-0.2, -0.15) is 0 Å². The van der Waals surface area contributed by atoms with Crippen LogP contribution in [0.1, 0.15) is 10.4 Å². The number of ether oxygens (including phenoxy) is 1. The number of carbonyl (C=O) groups is 1. The van der Waals surface area contributed by atoms with Gasteiger partial charge in [-0.15, -0.1) is 0 Å². The molecular weight excluding hydrogens is 386 g/mol. The summed E-state index contributed by atoms with van der Waals surface area (Å²) in [6, 6.07) is 5.73. The van der Waals surface area contributed by atoms with Crippen molar-refractivity contribution in [1.29, 1.82) is 0 Å². The zero-order valence-electron chi connectivity index (χ0n) is 16.9. The Morgan fingerprint density at radius 2 is 1.77 bits per heavy atom. The lowest BCUT2D eigenvalue weighted by molar-refractivity contribution is 0.102. The lowest BCUT2D eigenvalue weighted by Crippen LogP contribution is -2.48. The molecule has 142 valence electrons. The summed E-state index contributed by atoms with van der Waals surface area (Å²) in [5.74, 6) is -0.444. The molecule has 8 radical (unpaired) electrons. The number of benzene rings is 2. The van der Waals surface area contributed by atoms with Gasteiger partial charge in [0.1, 0.15) is 37.1 Å². The van der Waals surface area contributed by atoms with E-state index in [1.807, 2.05) is 29.8 Å². The average Bonchev–Trinajstić information content (AvgIpc) is 3.18. The van der Waals surface area contributed by atoms with Crippen LogP contribution in [0, 0.1) is 0 Å². The van der Waals surface area contributed by atoms with Crippen LogP contribution in [0.4, 0.5) is 5.95 Å². The molecule has 4 aromatic rings. The van der Waals surface area contributed by atoms with Gasteiger partial charge >= 0.3 is 0 Å². The second kappa shape index (κ2) is 7.98. The van der Waals surface area contributed by atoms with Crippen LogP contribution in [0.2, 0.25) is 0 Å². The Morgan fingerprint density at radius 1 is 1.06 bits per heavy atom. The fraction of sp³-hybridized carbons (Fsp3) is 0.100. The van der Waals surface area contributed by atoms with Crippen molar-refractivity contribution in [2.75, 3.05) is 12.4 Å². The van der Waals surface area contributed by atoms with E-state index in [0.29, 0.717) is 5.52 Å². The van der Waals surface area contributed by atoms with Crippen LogP contribution in [0.25, 0.3) is 22.2 Å². The van der Waals surface area contributed by atoms with E-state index in [2.05, 4.69) is 20.3 Å². The van der Waals surface area contributed by atoms with Gasteiger partial charge in [-0.25, -0.2) is 15.0 Å². The fourth-order valence-corrected chi connectivity index (χ4v) is 3.31. The van der Waals surface area contributed by atoms with Crippen molar-refractivity contribution in [1.82, 2.24) is 19.5 Å². The van der Waals surface area contributed by atoms with Gasteiger partial charge in [0.15, 0.2) is 0 Å². The van der Waals surface area contributed by atoms with Gasteiger partial charge in [-0.05, 0) is 6.07 Å². The van der Waals surface area contributed by atoms with Gasteiger partial charge in [0.05, 0.1) is 30.8 Å². The summed E-state index contributed by atoms with van der Waals surface area (Å²) in [7, 11) is 27.2. The number of imidazole rings is 1. The van der Waals surface area contributed by atoms with Crippen molar-refractivity contribution >= 4 is 76.0 Å². The number of nitrogens with one attached hydrogen (secondary N) is 1. The number of amides is 1. The summed E-state index contributed by atoms with van der Waals surface area (Å²) in [6.45, 7) is 0. The molecule has 0 saturated heterocycles. The highest BCUT2D eigenvalue weighted by molar-refractivity contribution is 6.61. The smallest absolute Gasteiger partial charge is 0.256 e. The minimum Gasteiger partial charge on any atom is -0.498 e. The summed E-state index contributed by atoms with van der Waals surface area (Å²) < 4.78 is 7.01. The third-order valence-corrected chi connectivity index (χ3v) is 4.96. The monoisotopic (exact) mass is 399 g/mol. The first kappa shape index (κ1) is 20.8. The van der Waals surface area contributed by atoms with Crippen LogP contribution in [0.3, 0.4) is 0 Å². The van der Waals surface area contributed by atoms with Crippen LogP contribution < -0.4 is 31.9 Å². The second-order valence-corrected chi connectivity index (χ2v) is 6.87. The van der Waals surface area contributed by atoms with Crippen LogP contribution in [0.15, 0.2) is 36.9 Å². The Labute approximate surface area is 184 Å². The highest BCUT2D eigenvalue weighted by atomic mass is 16.5. The number of aromatic nitrogens is 4. The number of methoxy groups -OCH3 is 1. The van der Waals surface area contributed by atoms with Crippen LogP contribution in [-0.4, -0.2) is 63.9 Å². The van der Waals surface area contributed by atoms with Gasteiger partial charge in [0, 0.05) is 29.8 Å². The molecule has 0 saturated carbocycles. The predicted octanol–water partition coefficient (Wildman–Crippen LogP) is -1.53. The Balaban J connectivity index is 1.70. The lowest BCUT2D eigenvalue weighted by Gasteiger charge is -2.20. The third kappa shape index (κ3) is 3.60. The van der Waals surface area contributed by atoms with Crippen molar-refractivity contribution in [2.24, 2.45) is 7.05 Å². The number of nitrogens with zero attached hydrogens (tertiary/aromatic N) is 4. The first-order valence-electron chi connectivity index (χ1n) is 9.16. The molecule has 0 spiro atoms. The number of carbonyl (C=O) groups excluding carboxylic acids is 1. The minimum absolute atomic E-state index is 0.0274. The van der Waals surface area contributed by atoms with E-state index in [0.717, 1.165) is 16.6 Å². The van der Waals surface area contributed by atoms with Crippen molar-refractivity contribution in [3.8, 4) is 17.0 Å². The molecule has 2 aromatic heterocycles. The van der Waals surface area contributed by atoms with E-state index in [9.17, 15) is 4.79 Å². The van der Waals surface area contributed by atoms with E-state index in [1.54, 1.807) is 18.7 Å². The van der Waals surface area contributed by atoms with Crippen LogP contribution >= 0.6 is 0 Å². The summed E-state index contributed by atoms with van der Waals surface area (Å²) in [5.41, 5.74) is 2.39. The number of fused-ring (bicyclic) bond motifs is 1. The lowest BCUT2D eigenvalue weighted by atomic mass is 9.66. The van der Waals surface area contributed by atoms with Gasteiger partial charge in [0.25, 0.3) is 5.91 Å². The topological polar surface area (TPSA) is 81.9 Å². The Morgan fingerprint density at radius 3 is 2.39 bits per heavy atom. The summed E-state index contributed by atoms with van der Waals surface area (Å²) in [4.78, 5) is 25.6. The molecule has 2 heterocycles. The van der Waals surface area contributed by atoms with Crippen molar-refractivity contribution < 1.29 is 9.53 Å². The molecule has 0 unspecified atom stereocenters. The molecule has 0 aliphatic heterocycles. The molecule has 0 bridgehead atoms. The van der Waals surface area contributed by atoms with Crippen molar-refractivity contribution in [3.63, 3.8) is 0 Å². The number of aryl methyl sites for hydroxylation is 1. The number of hydrogen-bond acceptors (Lipinski definition) is 5. The molecule has 1 amide bonds. The molecule has 11 heteroatoms. The molecule has 0 aliphatic rings.